The van der Waals surface area contributed by atoms with Gasteiger partial charge < -0.3 is 21.2 Å². The van der Waals surface area contributed by atoms with Crippen LogP contribution in [0.25, 0.3) is 0 Å². The first kappa shape index (κ1) is 6.55. The molecule has 1 aliphatic rings. The monoisotopic (exact) mass is 128 g/mol. The zero-order chi connectivity index (χ0) is 6.74. The smallest absolute Gasteiger partial charge is 0.0298 e. The fraction of sp³-hybridized carbons (Fsp3) is 0.667. The van der Waals surface area contributed by atoms with E-state index in [1.807, 2.05) is 0 Å². The highest BCUT2D eigenvalue weighted by Crippen LogP contribution is 2.25. The van der Waals surface area contributed by atoms with Crippen molar-refractivity contribution in [1.29, 1.82) is 0 Å². The number of carbonyl (C=O) groups excluding carboxylic acids is 1. The predicted molar refractivity (Wildman–Crippen MR) is 30.3 cm³/mol. The van der Waals surface area contributed by atoms with Gasteiger partial charge in [0.05, 0.1) is 0 Å². The van der Waals surface area contributed by atoms with E-state index in [-0.39, 0.29) is 5.41 Å². The Hall–Kier alpha value is -0.570. The summed E-state index contributed by atoms with van der Waals surface area (Å²) in [7, 11) is 0. The summed E-state index contributed by atoms with van der Waals surface area (Å²) in [6.07, 6.45) is 0. The van der Waals surface area contributed by atoms with Crippen LogP contribution in [0.3, 0.4) is 0 Å². The van der Waals surface area contributed by atoms with Crippen molar-refractivity contribution in [3.8, 4) is 0 Å². The molecule has 0 N–H and O–H groups in total. The van der Waals surface area contributed by atoms with Crippen LogP contribution in [0.1, 0.15) is 0 Å². The van der Waals surface area contributed by atoms with Gasteiger partial charge >= 0.3 is 0 Å². The summed E-state index contributed by atoms with van der Waals surface area (Å²) < 4.78 is 9.25. The zero-order valence-electron chi connectivity index (χ0n) is 5.05. The van der Waals surface area contributed by atoms with E-state index in [4.69, 9.17) is 4.74 Å². The average molecular weight is 128 g/mol. The molecule has 1 fully saturated rings. The Morgan fingerprint density at radius 3 is 2.78 bits per heavy atom. The molecular formula is C6H8O3-2. The molecule has 0 bridgehead atoms. The van der Waals surface area contributed by atoms with Crippen LogP contribution in [0.4, 0.5) is 0 Å². The van der Waals surface area contributed by atoms with Crippen molar-refractivity contribution >= 4 is 6.47 Å². The fourth-order valence-electron chi connectivity index (χ4n) is 0.657. The van der Waals surface area contributed by atoms with Gasteiger partial charge in [-0.25, -0.2) is 0 Å². The summed E-state index contributed by atoms with van der Waals surface area (Å²) in [6.45, 7) is 6.60. The zero-order valence-corrected chi connectivity index (χ0v) is 5.05. The topological polar surface area (TPSA) is 35.5 Å². The van der Waals surface area contributed by atoms with Gasteiger partial charge in [0.1, 0.15) is 0 Å². The van der Waals surface area contributed by atoms with Crippen LogP contribution in [0.15, 0.2) is 0 Å². The molecule has 0 unspecified atom stereocenters. The molecule has 0 atom stereocenters. The lowest BCUT2D eigenvalue weighted by Gasteiger charge is -2.45. The van der Waals surface area contributed by atoms with Gasteiger partial charge in [-0.1, -0.05) is 11.9 Å². The molecule has 52 valence electrons. The maximum absolute atomic E-state index is 9.58. The number of rotatable bonds is 3. The van der Waals surface area contributed by atoms with E-state index in [0.29, 0.717) is 19.8 Å². The Bertz CT molecular complexity index is 107. The third-order valence-electron chi connectivity index (χ3n) is 1.25. The Balaban J connectivity index is 2.16. The van der Waals surface area contributed by atoms with Crippen LogP contribution in [0.5, 0.6) is 0 Å². The molecular weight excluding hydrogens is 120 g/mol. The molecule has 0 aromatic carbocycles. The van der Waals surface area contributed by atoms with Gasteiger partial charge in [0.2, 0.25) is 0 Å². The van der Waals surface area contributed by atoms with Crippen molar-refractivity contribution in [3.63, 3.8) is 0 Å². The van der Waals surface area contributed by atoms with Crippen LogP contribution in [0, 0.1) is 12.3 Å². The predicted octanol–water partition coefficient (Wildman–Crippen LogP) is -0.0791. The van der Waals surface area contributed by atoms with E-state index in [0.717, 1.165) is 0 Å². The highest BCUT2D eigenvalue weighted by atomic mass is 16.5. The van der Waals surface area contributed by atoms with Crippen LogP contribution in [-0.4, -0.2) is 26.3 Å². The Kier molecular flexibility index (Phi) is 1.71. The van der Waals surface area contributed by atoms with Gasteiger partial charge in [-0.05, 0) is 0 Å². The molecule has 9 heavy (non-hydrogen) atoms. The highest BCUT2D eigenvalue weighted by molar-refractivity contribution is 5.38. The number of hydrogen-bond donors (Lipinski definition) is 0. The first-order valence-electron chi connectivity index (χ1n) is 2.69. The van der Waals surface area contributed by atoms with Gasteiger partial charge in [0, 0.05) is 19.8 Å². The maximum Gasteiger partial charge on any atom is 0.0298 e. The lowest BCUT2D eigenvalue weighted by Crippen LogP contribution is -2.43. The molecule has 1 saturated heterocycles. The summed E-state index contributed by atoms with van der Waals surface area (Å²) in [5, 5.41) is 0. The molecule has 0 aliphatic carbocycles. The summed E-state index contributed by atoms with van der Waals surface area (Å²) in [5.41, 5.74) is -0.183. The lowest BCUT2D eigenvalue weighted by molar-refractivity contribution is -0.105. The van der Waals surface area contributed by atoms with Crippen molar-refractivity contribution < 1.29 is 14.3 Å². The Morgan fingerprint density at radius 1 is 1.78 bits per heavy atom. The van der Waals surface area contributed by atoms with E-state index >= 15 is 0 Å². The Labute approximate surface area is 53.9 Å². The van der Waals surface area contributed by atoms with Crippen LogP contribution in [-0.2, 0) is 14.3 Å². The molecule has 0 radical (unpaired) electrons. The summed E-state index contributed by atoms with van der Waals surface area (Å²) in [4.78, 5) is 9.58. The standard InChI is InChI=1S/C6H8O3/c1-6(2-8-3-6)4-9-5-7/h1-4H2/q-2. The lowest BCUT2D eigenvalue weighted by atomic mass is 9.90. The first-order chi connectivity index (χ1) is 4.27. The molecule has 1 heterocycles. The quantitative estimate of drug-likeness (QED) is 0.499. The molecule has 0 saturated carbocycles. The third kappa shape index (κ3) is 1.42. The molecule has 0 aromatic heterocycles. The van der Waals surface area contributed by atoms with E-state index in [2.05, 4.69) is 11.7 Å². The van der Waals surface area contributed by atoms with Crippen molar-refractivity contribution in [3.05, 3.63) is 6.92 Å². The van der Waals surface area contributed by atoms with Gasteiger partial charge in [0.25, 0.3) is 0 Å². The second kappa shape index (κ2) is 2.35. The van der Waals surface area contributed by atoms with Crippen molar-refractivity contribution in [2.24, 2.45) is 5.41 Å². The van der Waals surface area contributed by atoms with Crippen LogP contribution >= 0.6 is 0 Å². The fourth-order valence-corrected chi connectivity index (χ4v) is 0.657. The van der Waals surface area contributed by atoms with E-state index in [1.165, 1.54) is 6.47 Å². The Morgan fingerprint density at radius 2 is 2.44 bits per heavy atom. The minimum absolute atomic E-state index is 0.183. The first-order valence-corrected chi connectivity index (χ1v) is 2.69. The third-order valence-corrected chi connectivity index (χ3v) is 1.25. The minimum atomic E-state index is -0.183. The van der Waals surface area contributed by atoms with Gasteiger partial charge in [-0.15, -0.1) is 0 Å². The second-order valence-electron chi connectivity index (χ2n) is 2.36. The highest BCUT2D eigenvalue weighted by Gasteiger charge is 2.25. The molecule has 3 heteroatoms. The molecule has 1 rings (SSSR count). The number of hydrogen-bond acceptors (Lipinski definition) is 3. The van der Waals surface area contributed by atoms with Crippen LogP contribution < -0.4 is 0 Å². The molecule has 1 aliphatic heterocycles. The second-order valence-corrected chi connectivity index (χ2v) is 2.36. The largest absolute Gasteiger partial charge is 0.654 e. The van der Waals surface area contributed by atoms with Gasteiger partial charge in [-0.2, -0.15) is 0 Å². The maximum atomic E-state index is 9.58. The van der Waals surface area contributed by atoms with E-state index in [1.54, 1.807) is 0 Å². The minimum Gasteiger partial charge on any atom is -0.654 e. The molecule has 3 nitrogen and oxygen atoms in total. The summed E-state index contributed by atoms with van der Waals surface area (Å²) in [5.74, 6) is 0. The van der Waals surface area contributed by atoms with Crippen molar-refractivity contribution in [2.45, 2.75) is 0 Å². The normalized spacial score (nSPS) is 22.3. The average Bonchev–Trinajstić information content (AvgIpc) is 1.79. The van der Waals surface area contributed by atoms with E-state index in [9.17, 15) is 4.79 Å². The molecule has 0 aromatic rings. The van der Waals surface area contributed by atoms with Crippen molar-refractivity contribution in [2.75, 3.05) is 19.8 Å². The number of ether oxygens (including phenoxy) is 2. The summed E-state index contributed by atoms with van der Waals surface area (Å²) >= 11 is 0. The SMILES string of the molecule is [CH2-]C1(CO[C-]=O)COC1. The summed E-state index contributed by atoms with van der Waals surface area (Å²) in [6, 6.07) is 0. The van der Waals surface area contributed by atoms with Crippen LogP contribution in [0.2, 0.25) is 0 Å². The van der Waals surface area contributed by atoms with Crippen molar-refractivity contribution in [1.82, 2.24) is 0 Å². The van der Waals surface area contributed by atoms with Gasteiger partial charge in [0.15, 0.2) is 0 Å². The molecule has 0 spiro atoms. The van der Waals surface area contributed by atoms with E-state index < -0.39 is 0 Å². The molecule has 0 amide bonds. The van der Waals surface area contributed by atoms with Gasteiger partial charge in [-0.3, -0.25) is 0 Å².